The summed E-state index contributed by atoms with van der Waals surface area (Å²) in [6.45, 7) is 0.432. The average Bonchev–Trinajstić information content (AvgIpc) is 2.77. The molecule has 0 saturated carbocycles. The van der Waals surface area contributed by atoms with Crippen LogP contribution in [-0.2, 0) is 33.8 Å². The van der Waals surface area contributed by atoms with E-state index in [1.54, 1.807) is 24.3 Å². The lowest BCUT2D eigenvalue weighted by atomic mass is 10.0. The Kier molecular flexibility index (Phi) is 7.91. The summed E-state index contributed by atoms with van der Waals surface area (Å²) in [6, 6.07) is 18.8. The number of benzene rings is 3. The molecule has 32 heavy (non-hydrogen) atoms. The number of halogens is 2. The van der Waals surface area contributed by atoms with Crippen LogP contribution < -0.4 is 10.1 Å². The third-order valence-corrected chi connectivity index (χ3v) is 4.72. The topological polar surface area (TPSA) is 64.6 Å². The van der Waals surface area contributed by atoms with Crippen LogP contribution in [-0.4, -0.2) is 25.0 Å². The number of ether oxygens (including phenoxy) is 2. The molecule has 0 aromatic heterocycles. The molecule has 3 aromatic rings. The molecule has 0 aliphatic heterocycles. The van der Waals surface area contributed by atoms with E-state index in [9.17, 15) is 18.4 Å². The van der Waals surface area contributed by atoms with Crippen molar-refractivity contribution in [3.63, 3.8) is 0 Å². The Morgan fingerprint density at radius 1 is 0.875 bits per heavy atom. The van der Waals surface area contributed by atoms with E-state index in [-0.39, 0.29) is 18.4 Å². The van der Waals surface area contributed by atoms with E-state index in [1.165, 1.54) is 7.11 Å². The standard InChI is InChI=1S/C25H23F2NO4/c1-31-25(30)23(28-24(29)14-19-11-20(26)15-21(27)12-19)13-17-7-9-22(10-8-17)32-16-18-5-3-2-4-6-18/h2-12,15,23H,13-14,16H2,1H3,(H,28,29)/t23-/m1/s1. The normalized spacial score (nSPS) is 11.5. The lowest BCUT2D eigenvalue weighted by Gasteiger charge is -2.17. The van der Waals surface area contributed by atoms with Crippen LogP contribution in [0.5, 0.6) is 5.75 Å². The lowest BCUT2D eigenvalue weighted by molar-refractivity contribution is -0.145. The highest BCUT2D eigenvalue weighted by atomic mass is 19.1. The molecular weight excluding hydrogens is 416 g/mol. The van der Waals surface area contributed by atoms with Crippen molar-refractivity contribution in [3.05, 3.63) is 101 Å². The second-order valence-electron chi connectivity index (χ2n) is 7.22. The van der Waals surface area contributed by atoms with Crippen molar-refractivity contribution < 1.29 is 27.8 Å². The van der Waals surface area contributed by atoms with Crippen LogP contribution in [0.4, 0.5) is 8.78 Å². The molecule has 0 spiro atoms. The van der Waals surface area contributed by atoms with Gasteiger partial charge in [0.2, 0.25) is 5.91 Å². The Balaban J connectivity index is 1.59. The third kappa shape index (κ3) is 6.91. The van der Waals surface area contributed by atoms with Gasteiger partial charge in [-0.3, -0.25) is 4.79 Å². The van der Waals surface area contributed by atoms with E-state index in [0.717, 1.165) is 29.3 Å². The monoisotopic (exact) mass is 439 g/mol. The van der Waals surface area contributed by atoms with Gasteiger partial charge in [-0.05, 0) is 41.0 Å². The van der Waals surface area contributed by atoms with Gasteiger partial charge < -0.3 is 14.8 Å². The van der Waals surface area contributed by atoms with Gasteiger partial charge in [0.1, 0.15) is 30.0 Å². The van der Waals surface area contributed by atoms with E-state index >= 15 is 0 Å². The van der Waals surface area contributed by atoms with Crippen LogP contribution in [0, 0.1) is 11.6 Å². The number of rotatable bonds is 9. The van der Waals surface area contributed by atoms with Crippen LogP contribution in [0.3, 0.4) is 0 Å². The first-order chi connectivity index (χ1) is 15.4. The second kappa shape index (κ2) is 11.0. The minimum absolute atomic E-state index is 0.170. The summed E-state index contributed by atoms with van der Waals surface area (Å²) in [7, 11) is 1.23. The van der Waals surface area contributed by atoms with Gasteiger partial charge in [-0.15, -0.1) is 0 Å². The van der Waals surface area contributed by atoms with Crippen molar-refractivity contribution in [2.75, 3.05) is 7.11 Å². The van der Waals surface area contributed by atoms with Gasteiger partial charge >= 0.3 is 5.97 Å². The van der Waals surface area contributed by atoms with Crippen molar-refractivity contribution >= 4 is 11.9 Å². The minimum atomic E-state index is -0.943. The van der Waals surface area contributed by atoms with Crippen LogP contribution in [0.15, 0.2) is 72.8 Å². The average molecular weight is 439 g/mol. The number of esters is 1. The Hall–Kier alpha value is -3.74. The van der Waals surface area contributed by atoms with Gasteiger partial charge in [0.15, 0.2) is 0 Å². The maximum Gasteiger partial charge on any atom is 0.328 e. The highest BCUT2D eigenvalue weighted by Gasteiger charge is 2.22. The largest absolute Gasteiger partial charge is 0.489 e. The summed E-state index contributed by atoms with van der Waals surface area (Å²) >= 11 is 0. The van der Waals surface area contributed by atoms with E-state index in [4.69, 9.17) is 9.47 Å². The number of nitrogens with one attached hydrogen (secondary N) is 1. The molecule has 166 valence electrons. The molecule has 3 aromatic carbocycles. The summed E-state index contributed by atoms with van der Waals surface area (Å²) in [5, 5.41) is 2.58. The Labute approximate surface area is 185 Å². The van der Waals surface area contributed by atoms with E-state index in [0.29, 0.717) is 12.4 Å². The van der Waals surface area contributed by atoms with E-state index in [2.05, 4.69) is 5.32 Å². The van der Waals surface area contributed by atoms with Gasteiger partial charge in [-0.25, -0.2) is 13.6 Å². The number of methoxy groups -OCH3 is 1. The molecular formula is C25H23F2NO4. The second-order valence-corrected chi connectivity index (χ2v) is 7.22. The van der Waals surface area contributed by atoms with Gasteiger partial charge in [0, 0.05) is 12.5 Å². The summed E-state index contributed by atoms with van der Waals surface area (Å²) in [5.41, 5.74) is 2.00. The highest BCUT2D eigenvalue weighted by molar-refractivity contribution is 5.85. The summed E-state index contributed by atoms with van der Waals surface area (Å²) in [6.07, 6.45) is -0.0800. The molecule has 0 unspecified atom stereocenters. The number of carbonyl (C=O) groups excluding carboxylic acids is 2. The fraction of sp³-hybridized carbons (Fsp3) is 0.200. The van der Waals surface area contributed by atoms with E-state index < -0.39 is 29.6 Å². The third-order valence-electron chi connectivity index (χ3n) is 4.72. The molecule has 0 aliphatic carbocycles. The van der Waals surface area contributed by atoms with Crippen molar-refractivity contribution in [2.24, 2.45) is 0 Å². The van der Waals surface area contributed by atoms with Gasteiger partial charge in [0.05, 0.1) is 13.5 Å². The molecule has 5 nitrogen and oxygen atoms in total. The van der Waals surface area contributed by atoms with Gasteiger partial charge in [0.25, 0.3) is 0 Å². The smallest absolute Gasteiger partial charge is 0.328 e. The number of hydrogen-bond acceptors (Lipinski definition) is 4. The maximum atomic E-state index is 13.3. The number of carbonyl (C=O) groups is 2. The predicted octanol–water partition coefficient (Wildman–Crippen LogP) is 3.99. The molecule has 0 saturated heterocycles. The van der Waals surface area contributed by atoms with Crippen molar-refractivity contribution in [1.82, 2.24) is 5.32 Å². The molecule has 1 amide bonds. The molecule has 7 heteroatoms. The predicted molar refractivity (Wildman–Crippen MR) is 115 cm³/mol. The van der Waals surface area contributed by atoms with Gasteiger partial charge in [-0.2, -0.15) is 0 Å². The maximum absolute atomic E-state index is 13.3. The fourth-order valence-corrected chi connectivity index (χ4v) is 3.18. The van der Waals surface area contributed by atoms with Crippen molar-refractivity contribution in [2.45, 2.75) is 25.5 Å². The summed E-state index contributed by atoms with van der Waals surface area (Å²) < 4.78 is 37.2. The molecule has 0 heterocycles. The quantitative estimate of drug-likeness (QED) is 0.512. The first-order valence-corrected chi connectivity index (χ1v) is 10.0. The zero-order valence-corrected chi connectivity index (χ0v) is 17.5. The van der Waals surface area contributed by atoms with E-state index in [1.807, 2.05) is 30.3 Å². The van der Waals surface area contributed by atoms with Crippen LogP contribution in [0.1, 0.15) is 16.7 Å². The Bertz CT molecular complexity index is 1040. The summed E-state index contributed by atoms with van der Waals surface area (Å²) in [4.78, 5) is 24.5. The zero-order valence-electron chi connectivity index (χ0n) is 17.5. The first-order valence-electron chi connectivity index (χ1n) is 10.0. The number of amides is 1. The zero-order chi connectivity index (χ0) is 22.9. The lowest BCUT2D eigenvalue weighted by Crippen LogP contribution is -2.43. The molecule has 0 aliphatic rings. The SMILES string of the molecule is COC(=O)[C@@H](Cc1ccc(OCc2ccccc2)cc1)NC(=O)Cc1cc(F)cc(F)c1. The highest BCUT2D eigenvalue weighted by Crippen LogP contribution is 2.16. The summed E-state index contributed by atoms with van der Waals surface area (Å²) in [5.74, 6) is -2.04. The Morgan fingerprint density at radius 2 is 1.53 bits per heavy atom. The van der Waals surface area contributed by atoms with Gasteiger partial charge in [-0.1, -0.05) is 42.5 Å². The fourth-order valence-electron chi connectivity index (χ4n) is 3.18. The molecule has 1 N–H and O–H groups in total. The Morgan fingerprint density at radius 3 is 2.16 bits per heavy atom. The minimum Gasteiger partial charge on any atom is -0.489 e. The molecule has 1 atom stereocenters. The van der Waals surface area contributed by atoms with Crippen LogP contribution >= 0.6 is 0 Å². The molecule has 3 rings (SSSR count). The van der Waals surface area contributed by atoms with Crippen molar-refractivity contribution in [1.29, 1.82) is 0 Å². The van der Waals surface area contributed by atoms with Crippen molar-refractivity contribution in [3.8, 4) is 5.75 Å². The molecule has 0 bridgehead atoms. The molecule has 0 radical (unpaired) electrons. The van der Waals surface area contributed by atoms with Crippen LogP contribution in [0.2, 0.25) is 0 Å². The number of hydrogen-bond donors (Lipinski definition) is 1. The van der Waals surface area contributed by atoms with Crippen LogP contribution in [0.25, 0.3) is 0 Å². The first kappa shape index (κ1) is 22.9. The molecule has 0 fully saturated rings.